The molecule has 3 rings (SSSR count). The number of carbonyl (C=O) groups excluding carboxylic acids is 1. The molecule has 0 aliphatic heterocycles. The molecule has 3 N–H and O–H groups in total. The number of sulfonamides is 1. The first-order valence-electron chi connectivity index (χ1n) is 6.84. The summed E-state index contributed by atoms with van der Waals surface area (Å²) in [6, 6.07) is 8.97. The monoisotopic (exact) mass is 364 g/mol. The highest BCUT2D eigenvalue weighted by Crippen LogP contribution is 2.18. The number of primary sulfonamides is 1. The molecule has 0 bridgehead atoms. The quantitative estimate of drug-likeness (QED) is 0.742. The molecule has 1 aromatic carbocycles. The van der Waals surface area contributed by atoms with Crippen molar-refractivity contribution in [3.8, 4) is 0 Å². The lowest BCUT2D eigenvalue weighted by atomic mass is 10.3. The van der Waals surface area contributed by atoms with Crippen molar-refractivity contribution in [2.45, 2.75) is 11.8 Å². The molecule has 3 aromatic rings. The molecule has 2 heterocycles. The molecular formula is C15H13ClN4O3S. The lowest BCUT2D eigenvalue weighted by Crippen LogP contribution is -2.16. The van der Waals surface area contributed by atoms with Crippen molar-refractivity contribution >= 4 is 38.9 Å². The van der Waals surface area contributed by atoms with Gasteiger partial charge in [0.15, 0.2) is 0 Å². The molecule has 1 amide bonds. The second-order valence-corrected chi connectivity index (χ2v) is 7.14. The number of hydrogen-bond acceptors (Lipinski definition) is 4. The number of aromatic nitrogens is 2. The van der Waals surface area contributed by atoms with Crippen molar-refractivity contribution in [1.82, 2.24) is 9.38 Å². The fourth-order valence-electron chi connectivity index (χ4n) is 2.33. The van der Waals surface area contributed by atoms with Crippen molar-refractivity contribution in [3.63, 3.8) is 0 Å². The van der Waals surface area contributed by atoms with Crippen LogP contribution in [0.3, 0.4) is 0 Å². The number of halogens is 1. The molecular weight excluding hydrogens is 352 g/mol. The van der Waals surface area contributed by atoms with Crippen molar-refractivity contribution in [2.24, 2.45) is 5.14 Å². The predicted octanol–water partition coefficient (Wildman–Crippen LogP) is 2.20. The molecule has 124 valence electrons. The van der Waals surface area contributed by atoms with Gasteiger partial charge >= 0.3 is 0 Å². The third kappa shape index (κ3) is 3.12. The Labute approximate surface area is 143 Å². The van der Waals surface area contributed by atoms with Crippen LogP contribution >= 0.6 is 11.6 Å². The highest BCUT2D eigenvalue weighted by atomic mass is 35.5. The van der Waals surface area contributed by atoms with Crippen LogP contribution in [0.2, 0.25) is 5.02 Å². The first-order chi connectivity index (χ1) is 11.3. The van der Waals surface area contributed by atoms with E-state index in [0.717, 1.165) is 0 Å². The minimum atomic E-state index is -3.77. The van der Waals surface area contributed by atoms with Crippen molar-refractivity contribution in [2.75, 3.05) is 5.32 Å². The van der Waals surface area contributed by atoms with E-state index in [-0.39, 0.29) is 10.8 Å². The summed E-state index contributed by atoms with van der Waals surface area (Å²) in [4.78, 5) is 16.8. The normalized spacial score (nSPS) is 11.6. The maximum absolute atomic E-state index is 12.5. The van der Waals surface area contributed by atoms with Crippen LogP contribution in [0.1, 0.15) is 16.2 Å². The standard InChI is InChI=1S/C15H13ClN4O3S/c1-9-14(20-8-10(16)2-7-13(20)18-9)15(21)19-11-3-5-12(6-4-11)24(17,22)23/h2-8H,1H3,(H,19,21)(H2,17,22,23). The van der Waals surface area contributed by atoms with Gasteiger partial charge in [-0.15, -0.1) is 0 Å². The van der Waals surface area contributed by atoms with Crippen LogP contribution in [-0.4, -0.2) is 23.7 Å². The summed E-state index contributed by atoms with van der Waals surface area (Å²) in [7, 11) is -3.77. The number of fused-ring (bicyclic) bond motifs is 1. The van der Waals surface area contributed by atoms with Gasteiger partial charge in [0.05, 0.1) is 15.6 Å². The fourth-order valence-corrected chi connectivity index (χ4v) is 3.00. The SMILES string of the molecule is Cc1nc2ccc(Cl)cn2c1C(=O)Nc1ccc(S(N)(=O)=O)cc1. The van der Waals surface area contributed by atoms with Crippen LogP contribution in [0.4, 0.5) is 5.69 Å². The van der Waals surface area contributed by atoms with E-state index < -0.39 is 10.0 Å². The van der Waals surface area contributed by atoms with Gasteiger partial charge in [-0.1, -0.05) is 11.6 Å². The maximum Gasteiger partial charge on any atom is 0.274 e. The average Bonchev–Trinajstić information content (AvgIpc) is 2.82. The summed E-state index contributed by atoms with van der Waals surface area (Å²) >= 11 is 5.98. The van der Waals surface area contributed by atoms with E-state index in [1.165, 1.54) is 24.3 Å². The van der Waals surface area contributed by atoms with E-state index in [4.69, 9.17) is 16.7 Å². The summed E-state index contributed by atoms with van der Waals surface area (Å²) in [6.07, 6.45) is 1.61. The largest absolute Gasteiger partial charge is 0.321 e. The maximum atomic E-state index is 12.5. The number of carbonyl (C=O) groups is 1. The molecule has 7 nitrogen and oxygen atoms in total. The Morgan fingerprint density at radius 3 is 2.50 bits per heavy atom. The topological polar surface area (TPSA) is 107 Å². The first kappa shape index (κ1) is 16.4. The number of pyridine rings is 1. The second-order valence-electron chi connectivity index (χ2n) is 5.14. The Morgan fingerprint density at radius 1 is 1.21 bits per heavy atom. The molecule has 0 atom stereocenters. The summed E-state index contributed by atoms with van der Waals surface area (Å²) in [5, 5.41) is 8.22. The van der Waals surface area contributed by atoms with Crippen LogP contribution in [0.25, 0.3) is 5.65 Å². The number of anilines is 1. The molecule has 0 aliphatic carbocycles. The van der Waals surface area contributed by atoms with E-state index in [2.05, 4.69) is 10.3 Å². The van der Waals surface area contributed by atoms with Crippen LogP contribution in [0.5, 0.6) is 0 Å². The minimum Gasteiger partial charge on any atom is -0.321 e. The smallest absolute Gasteiger partial charge is 0.274 e. The zero-order chi connectivity index (χ0) is 17.5. The van der Waals surface area contributed by atoms with Crippen molar-refractivity contribution in [3.05, 3.63) is 59.0 Å². The third-order valence-electron chi connectivity index (χ3n) is 3.41. The number of nitrogens with two attached hydrogens (primary N) is 1. The third-order valence-corrected chi connectivity index (χ3v) is 4.57. The number of aryl methyl sites for hydroxylation is 1. The zero-order valence-corrected chi connectivity index (χ0v) is 14.1. The van der Waals surface area contributed by atoms with Gasteiger partial charge < -0.3 is 5.32 Å². The van der Waals surface area contributed by atoms with Crippen LogP contribution in [0.15, 0.2) is 47.5 Å². The summed E-state index contributed by atoms with van der Waals surface area (Å²) in [5.41, 5.74) is 1.94. The van der Waals surface area contributed by atoms with E-state index in [1.54, 1.807) is 29.7 Å². The Bertz CT molecular complexity index is 1040. The zero-order valence-electron chi connectivity index (χ0n) is 12.5. The number of amides is 1. The molecule has 2 aromatic heterocycles. The highest BCUT2D eigenvalue weighted by Gasteiger charge is 2.17. The van der Waals surface area contributed by atoms with Gasteiger partial charge in [-0.05, 0) is 43.3 Å². The number of nitrogens with one attached hydrogen (secondary N) is 1. The van der Waals surface area contributed by atoms with Gasteiger partial charge in [0, 0.05) is 11.9 Å². The molecule has 0 spiro atoms. The van der Waals surface area contributed by atoms with E-state index in [9.17, 15) is 13.2 Å². The van der Waals surface area contributed by atoms with Crippen molar-refractivity contribution < 1.29 is 13.2 Å². The second kappa shape index (κ2) is 5.90. The molecule has 0 saturated carbocycles. The molecule has 24 heavy (non-hydrogen) atoms. The number of benzene rings is 1. The van der Waals surface area contributed by atoms with Gasteiger partial charge in [-0.25, -0.2) is 18.5 Å². The molecule has 0 unspecified atom stereocenters. The predicted molar refractivity (Wildman–Crippen MR) is 90.7 cm³/mol. The highest BCUT2D eigenvalue weighted by molar-refractivity contribution is 7.89. The summed E-state index contributed by atoms with van der Waals surface area (Å²) < 4.78 is 24.1. The van der Waals surface area contributed by atoms with Crippen LogP contribution < -0.4 is 10.5 Å². The number of imidazole rings is 1. The Hall–Kier alpha value is -2.42. The van der Waals surface area contributed by atoms with Gasteiger partial charge in [0.25, 0.3) is 5.91 Å². The van der Waals surface area contributed by atoms with Gasteiger partial charge in [-0.2, -0.15) is 0 Å². The summed E-state index contributed by atoms with van der Waals surface area (Å²) in [5.74, 6) is -0.384. The van der Waals surface area contributed by atoms with Crippen LogP contribution in [-0.2, 0) is 10.0 Å². The van der Waals surface area contributed by atoms with E-state index >= 15 is 0 Å². The van der Waals surface area contributed by atoms with E-state index in [0.29, 0.717) is 27.7 Å². The van der Waals surface area contributed by atoms with Crippen LogP contribution in [0, 0.1) is 6.92 Å². The van der Waals surface area contributed by atoms with Gasteiger partial charge in [0.2, 0.25) is 10.0 Å². The first-order valence-corrected chi connectivity index (χ1v) is 8.76. The Morgan fingerprint density at radius 2 is 1.88 bits per heavy atom. The lowest BCUT2D eigenvalue weighted by molar-refractivity contribution is 0.102. The van der Waals surface area contributed by atoms with E-state index in [1.807, 2.05) is 0 Å². The number of nitrogens with zero attached hydrogens (tertiary/aromatic N) is 2. The van der Waals surface area contributed by atoms with Crippen molar-refractivity contribution in [1.29, 1.82) is 0 Å². The lowest BCUT2D eigenvalue weighted by Gasteiger charge is -2.07. The fraction of sp³-hybridized carbons (Fsp3) is 0.0667. The Balaban J connectivity index is 1.93. The Kier molecular flexibility index (Phi) is 4.04. The average molecular weight is 365 g/mol. The van der Waals surface area contributed by atoms with Gasteiger partial charge in [-0.3, -0.25) is 9.20 Å². The summed E-state index contributed by atoms with van der Waals surface area (Å²) in [6.45, 7) is 1.72. The number of rotatable bonds is 3. The number of hydrogen-bond donors (Lipinski definition) is 2. The molecule has 9 heteroatoms. The molecule has 0 fully saturated rings. The minimum absolute atomic E-state index is 0.0294. The molecule has 0 radical (unpaired) electrons. The molecule has 0 aliphatic rings. The molecule has 0 saturated heterocycles. The van der Waals surface area contributed by atoms with Gasteiger partial charge in [0.1, 0.15) is 11.3 Å².